The number of carbonyl (C=O) groups is 1. The first-order valence-electron chi connectivity index (χ1n) is 9.21. The molecular weight excluding hydrogens is 346 g/mol. The molecule has 142 valence electrons. The standard InChI is InChI=1S/C19H23N5O3/c1-12(2)24-16-10-14(4-5-15(16)11-20-24)17-21-18(27-22-17)13-6-8-23(9-7-13)19(25)26-3/h4-5,10-13H,6-9H2,1-3H3. The van der Waals surface area contributed by atoms with Gasteiger partial charge in [-0.05, 0) is 32.8 Å². The normalized spacial score (nSPS) is 15.6. The minimum absolute atomic E-state index is 0.164. The zero-order valence-electron chi connectivity index (χ0n) is 15.8. The lowest BCUT2D eigenvalue weighted by molar-refractivity contribution is 0.109. The van der Waals surface area contributed by atoms with E-state index in [-0.39, 0.29) is 18.1 Å². The van der Waals surface area contributed by atoms with Crippen LogP contribution in [-0.2, 0) is 4.74 Å². The quantitative estimate of drug-likeness (QED) is 0.701. The molecule has 0 spiro atoms. The van der Waals surface area contributed by atoms with Crippen LogP contribution in [0.3, 0.4) is 0 Å². The highest BCUT2D eigenvalue weighted by Crippen LogP contribution is 2.30. The summed E-state index contributed by atoms with van der Waals surface area (Å²) in [5.74, 6) is 1.38. The van der Waals surface area contributed by atoms with Crippen LogP contribution in [-0.4, -0.2) is 51.1 Å². The lowest BCUT2D eigenvalue weighted by Crippen LogP contribution is -2.37. The first kappa shape index (κ1) is 17.5. The third kappa shape index (κ3) is 3.27. The van der Waals surface area contributed by atoms with Crippen molar-refractivity contribution >= 4 is 17.0 Å². The van der Waals surface area contributed by atoms with Gasteiger partial charge in [-0.1, -0.05) is 17.3 Å². The molecule has 1 amide bonds. The first-order chi connectivity index (χ1) is 13.1. The summed E-state index contributed by atoms with van der Waals surface area (Å²) in [7, 11) is 1.40. The minimum atomic E-state index is -0.283. The highest BCUT2D eigenvalue weighted by atomic mass is 16.5. The smallest absolute Gasteiger partial charge is 0.409 e. The van der Waals surface area contributed by atoms with Crippen LogP contribution in [0.15, 0.2) is 28.9 Å². The Morgan fingerprint density at radius 2 is 2.07 bits per heavy atom. The molecule has 3 heterocycles. The van der Waals surface area contributed by atoms with Crippen LogP contribution in [0.5, 0.6) is 0 Å². The monoisotopic (exact) mass is 369 g/mol. The van der Waals surface area contributed by atoms with Gasteiger partial charge < -0.3 is 14.2 Å². The van der Waals surface area contributed by atoms with E-state index in [1.807, 2.05) is 23.0 Å². The van der Waals surface area contributed by atoms with Gasteiger partial charge >= 0.3 is 6.09 Å². The SMILES string of the molecule is COC(=O)N1CCC(c2nc(-c3ccc4cnn(C(C)C)c4c3)no2)CC1. The van der Waals surface area contributed by atoms with Crippen LogP contribution in [0.1, 0.15) is 44.5 Å². The van der Waals surface area contributed by atoms with Crippen LogP contribution < -0.4 is 0 Å². The van der Waals surface area contributed by atoms with Crippen molar-refractivity contribution in [2.75, 3.05) is 20.2 Å². The molecule has 2 aromatic heterocycles. The topological polar surface area (TPSA) is 86.3 Å². The predicted octanol–water partition coefficient (Wildman–Crippen LogP) is 3.61. The van der Waals surface area contributed by atoms with Gasteiger partial charge in [0.1, 0.15) is 0 Å². The second-order valence-corrected chi connectivity index (χ2v) is 7.14. The van der Waals surface area contributed by atoms with E-state index in [0.29, 0.717) is 24.8 Å². The van der Waals surface area contributed by atoms with Gasteiger partial charge in [0, 0.05) is 36.0 Å². The second-order valence-electron chi connectivity index (χ2n) is 7.14. The molecule has 0 radical (unpaired) electrons. The molecule has 8 heteroatoms. The molecule has 8 nitrogen and oxygen atoms in total. The Bertz CT molecular complexity index is 953. The predicted molar refractivity (Wildman–Crippen MR) is 99.4 cm³/mol. The van der Waals surface area contributed by atoms with Gasteiger partial charge in [-0.2, -0.15) is 10.1 Å². The van der Waals surface area contributed by atoms with E-state index in [4.69, 9.17) is 9.26 Å². The van der Waals surface area contributed by atoms with Crippen LogP contribution in [0.2, 0.25) is 0 Å². The van der Waals surface area contributed by atoms with E-state index in [1.54, 1.807) is 4.90 Å². The number of amides is 1. The third-order valence-corrected chi connectivity index (χ3v) is 5.06. The largest absolute Gasteiger partial charge is 0.453 e. The fraction of sp³-hybridized carbons (Fsp3) is 0.474. The maximum Gasteiger partial charge on any atom is 0.409 e. The van der Waals surface area contributed by atoms with E-state index in [0.717, 1.165) is 29.3 Å². The number of piperidine rings is 1. The summed E-state index contributed by atoms with van der Waals surface area (Å²) in [6.45, 7) is 5.47. The van der Waals surface area contributed by atoms with Crippen molar-refractivity contribution in [2.24, 2.45) is 0 Å². The van der Waals surface area contributed by atoms with Gasteiger partial charge in [0.05, 0.1) is 18.8 Å². The molecule has 0 aliphatic carbocycles. The molecular formula is C19H23N5O3. The maximum atomic E-state index is 11.6. The molecule has 1 aromatic carbocycles. The van der Waals surface area contributed by atoms with E-state index in [1.165, 1.54) is 7.11 Å². The number of ether oxygens (including phenoxy) is 1. The Labute approximate surface area is 157 Å². The minimum Gasteiger partial charge on any atom is -0.453 e. The van der Waals surface area contributed by atoms with Crippen molar-refractivity contribution in [1.29, 1.82) is 0 Å². The summed E-state index contributed by atoms with van der Waals surface area (Å²) in [5.41, 5.74) is 1.96. The second kappa shape index (κ2) is 7.02. The number of nitrogens with zero attached hydrogens (tertiary/aromatic N) is 5. The molecule has 1 saturated heterocycles. The molecule has 1 fully saturated rings. The first-order valence-corrected chi connectivity index (χ1v) is 9.21. The molecule has 0 N–H and O–H groups in total. The molecule has 3 aromatic rings. The van der Waals surface area contributed by atoms with Crippen molar-refractivity contribution in [3.8, 4) is 11.4 Å². The Morgan fingerprint density at radius 3 is 2.78 bits per heavy atom. The summed E-state index contributed by atoms with van der Waals surface area (Å²) >= 11 is 0. The number of likely N-dealkylation sites (tertiary alicyclic amines) is 1. The number of rotatable bonds is 3. The van der Waals surface area contributed by atoms with E-state index in [2.05, 4.69) is 35.2 Å². The van der Waals surface area contributed by atoms with Gasteiger partial charge in [0.15, 0.2) is 0 Å². The number of fused-ring (bicyclic) bond motifs is 1. The van der Waals surface area contributed by atoms with Gasteiger partial charge in [-0.15, -0.1) is 0 Å². The molecule has 1 aliphatic heterocycles. The van der Waals surface area contributed by atoms with Gasteiger partial charge in [-0.25, -0.2) is 4.79 Å². The Morgan fingerprint density at radius 1 is 1.30 bits per heavy atom. The Kier molecular flexibility index (Phi) is 4.55. The van der Waals surface area contributed by atoms with Crippen LogP contribution in [0.25, 0.3) is 22.3 Å². The van der Waals surface area contributed by atoms with Crippen molar-refractivity contribution in [3.05, 3.63) is 30.3 Å². The average molecular weight is 369 g/mol. The number of benzene rings is 1. The number of methoxy groups -OCH3 is 1. The van der Waals surface area contributed by atoms with Crippen molar-refractivity contribution in [2.45, 2.75) is 38.6 Å². The zero-order valence-corrected chi connectivity index (χ0v) is 15.8. The molecule has 4 rings (SSSR count). The van der Waals surface area contributed by atoms with Crippen LogP contribution in [0.4, 0.5) is 4.79 Å². The molecule has 0 unspecified atom stereocenters. The molecule has 0 bridgehead atoms. The zero-order chi connectivity index (χ0) is 19.0. The summed E-state index contributed by atoms with van der Waals surface area (Å²) < 4.78 is 12.3. The van der Waals surface area contributed by atoms with E-state index in [9.17, 15) is 4.79 Å². The number of aromatic nitrogens is 4. The number of hydrogen-bond acceptors (Lipinski definition) is 6. The van der Waals surface area contributed by atoms with Gasteiger partial charge in [-0.3, -0.25) is 4.68 Å². The van der Waals surface area contributed by atoms with Crippen molar-refractivity contribution in [1.82, 2.24) is 24.8 Å². The molecule has 0 atom stereocenters. The summed E-state index contributed by atoms with van der Waals surface area (Å²) in [6.07, 6.45) is 3.16. The summed E-state index contributed by atoms with van der Waals surface area (Å²) in [4.78, 5) is 17.9. The highest BCUT2D eigenvalue weighted by molar-refractivity contribution is 5.83. The van der Waals surface area contributed by atoms with Gasteiger partial charge in [0.25, 0.3) is 0 Å². The Balaban J connectivity index is 1.54. The fourth-order valence-corrected chi connectivity index (χ4v) is 3.54. The average Bonchev–Trinajstić information content (AvgIpc) is 3.34. The van der Waals surface area contributed by atoms with Crippen LogP contribution in [0, 0.1) is 0 Å². The summed E-state index contributed by atoms with van der Waals surface area (Å²) in [5, 5.41) is 9.71. The fourth-order valence-electron chi connectivity index (χ4n) is 3.54. The molecule has 1 aliphatic rings. The van der Waals surface area contributed by atoms with Crippen molar-refractivity contribution < 1.29 is 14.1 Å². The highest BCUT2D eigenvalue weighted by Gasteiger charge is 2.28. The Hall–Kier alpha value is -2.90. The number of hydrogen-bond donors (Lipinski definition) is 0. The van der Waals surface area contributed by atoms with Gasteiger partial charge in [0.2, 0.25) is 11.7 Å². The summed E-state index contributed by atoms with van der Waals surface area (Å²) in [6, 6.07) is 6.35. The number of carbonyl (C=O) groups excluding carboxylic acids is 1. The van der Waals surface area contributed by atoms with Crippen molar-refractivity contribution in [3.63, 3.8) is 0 Å². The third-order valence-electron chi connectivity index (χ3n) is 5.06. The lowest BCUT2D eigenvalue weighted by Gasteiger charge is -2.28. The van der Waals surface area contributed by atoms with E-state index >= 15 is 0 Å². The van der Waals surface area contributed by atoms with E-state index < -0.39 is 0 Å². The molecule has 27 heavy (non-hydrogen) atoms. The molecule has 0 saturated carbocycles. The van der Waals surface area contributed by atoms with Crippen LogP contribution >= 0.6 is 0 Å². The maximum absolute atomic E-state index is 11.6. The lowest BCUT2D eigenvalue weighted by atomic mass is 9.97.